The van der Waals surface area contributed by atoms with Crippen LogP contribution in [0.25, 0.3) is 0 Å². The maximum absolute atomic E-state index is 11.6. The summed E-state index contributed by atoms with van der Waals surface area (Å²) in [6.07, 6.45) is 3.95. The van der Waals surface area contributed by atoms with Crippen LogP contribution in [0, 0.1) is 5.92 Å². The molecule has 2 N–H and O–H groups in total. The van der Waals surface area contributed by atoms with Gasteiger partial charge in [-0.25, -0.2) is 9.59 Å². The van der Waals surface area contributed by atoms with Gasteiger partial charge in [-0.1, -0.05) is 19.8 Å². The second kappa shape index (κ2) is 5.72. The molecule has 0 saturated heterocycles. The van der Waals surface area contributed by atoms with E-state index < -0.39 is 12.0 Å². The Hall–Kier alpha value is -1.26. The van der Waals surface area contributed by atoms with Crippen LogP contribution in [0.1, 0.15) is 32.6 Å². The van der Waals surface area contributed by atoms with Crippen LogP contribution in [0.3, 0.4) is 0 Å². The second-order valence-electron chi connectivity index (χ2n) is 4.34. The highest BCUT2D eigenvalue weighted by Gasteiger charge is 2.25. The van der Waals surface area contributed by atoms with Crippen molar-refractivity contribution in [3.05, 3.63) is 0 Å². The number of urea groups is 1. The Morgan fingerprint density at radius 2 is 2.12 bits per heavy atom. The molecule has 5 nitrogen and oxygen atoms in total. The minimum Gasteiger partial charge on any atom is -0.480 e. The third-order valence-corrected chi connectivity index (χ3v) is 2.99. The van der Waals surface area contributed by atoms with Gasteiger partial charge in [-0.15, -0.1) is 0 Å². The maximum atomic E-state index is 11.6. The predicted octanol–water partition coefficient (Wildman–Crippen LogP) is 1.29. The number of aliphatic carboxylic acids is 1. The van der Waals surface area contributed by atoms with Gasteiger partial charge in [0, 0.05) is 13.6 Å². The summed E-state index contributed by atoms with van der Waals surface area (Å²) >= 11 is 0. The highest BCUT2D eigenvalue weighted by molar-refractivity contribution is 5.82. The van der Waals surface area contributed by atoms with Gasteiger partial charge in [0.2, 0.25) is 0 Å². The molecule has 1 aliphatic carbocycles. The highest BCUT2D eigenvalue weighted by atomic mass is 16.4. The normalized spacial score (nSPS) is 16.6. The minimum absolute atomic E-state index is 0.296. The van der Waals surface area contributed by atoms with Gasteiger partial charge in [-0.3, -0.25) is 0 Å². The summed E-state index contributed by atoms with van der Waals surface area (Å²) in [5.41, 5.74) is 0. The number of carbonyl (C=O) groups excluding carboxylic acids is 1. The summed E-state index contributed by atoms with van der Waals surface area (Å²) in [4.78, 5) is 23.7. The van der Waals surface area contributed by atoms with Crippen LogP contribution in [0.2, 0.25) is 0 Å². The first-order chi connectivity index (χ1) is 7.56. The van der Waals surface area contributed by atoms with E-state index in [-0.39, 0.29) is 6.03 Å². The van der Waals surface area contributed by atoms with Crippen LogP contribution in [-0.2, 0) is 4.79 Å². The van der Waals surface area contributed by atoms with Crippen LogP contribution in [0.5, 0.6) is 0 Å². The zero-order chi connectivity index (χ0) is 12.1. The van der Waals surface area contributed by atoms with E-state index >= 15 is 0 Å². The molecule has 16 heavy (non-hydrogen) atoms. The van der Waals surface area contributed by atoms with Gasteiger partial charge in [0.25, 0.3) is 0 Å². The number of carbonyl (C=O) groups is 2. The fraction of sp³-hybridized carbons (Fsp3) is 0.818. The molecule has 1 saturated carbocycles. The Morgan fingerprint density at radius 3 is 2.56 bits per heavy atom. The second-order valence-corrected chi connectivity index (χ2v) is 4.34. The van der Waals surface area contributed by atoms with E-state index in [1.165, 1.54) is 24.8 Å². The van der Waals surface area contributed by atoms with E-state index in [1.54, 1.807) is 6.92 Å². The van der Waals surface area contributed by atoms with Crippen LogP contribution in [0.4, 0.5) is 4.79 Å². The average molecular weight is 228 g/mol. The minimum atomic E-state index is -0.956. The van der Waals surface area contributed by atoms with Crippen molar-refractivity contribution in [3.8, 4) is 0 Å². The number of carboxylic acid groups (broad SMARTS) is 1. The molecule has 1 atom stereocenters. The first-order valence-corrected chi connectivity index (χ1v) is 5.79. The fourth-order valence-electron chi connectivity index (χ4n) is 1.67. The molecule has 1 aliphatic rings. The van der Waals surface area contributed by atoms with Crippen molar-refractivity contribution in [1.29, 1.82) is 0 Å². The highest BCUT2D eigenvalue weighted by Crippen LogP contribution is 2.31. The third kappa shape index (κ3) is 3.72. The number of hydrogen-bond acceptors (Lipinski definition) is 2. The number of nitrogens with zero attached hydrogens (tertiary/aromatic N) is 1. The van der Waals surface area contributed by atoms with Crippen molar-refractivity contribution in [2.75, 3.05) is 13.6 Å². The third-order valence-electron chi connectivity index (χ3n) is 2.99. The first kappa shape index (κ1) is 12.8. The van der Waals surface area contributed by atoms with Crippen LogP contribution in [-0.4, -0.2) is 41.6 Å². The summed E-state index contributed by atoms with van der Waals surface area (Å²) in [5.74, 6) is -0.186. The molecule has 2 amide bonds. The average Bonchev–Trinajstić information content (AvgIpc) is 3.01. The molecule has 0 heterocycles. The monoisotopic (exact) mass is 228 g/mol. The van der Waals surface area contributed by atoms with Crippen molar-refractivity contribution >= 4 is 12.0 Å². The molecule has 0 radical (unpaired) electrons. The number of hydrogen-bond donors (Lipinski definition) is 2. The van der Waals surface area contributed by atoms with Gasteiger partial charge in [-0.2, -0.15) is 0 Å². The largest absolute Gasteiger partial charge is 0.480 e. The van der Waals surface area contributed by atoms with Crippen LogP contribution < -0.4 is 5.32 Å². The Labute approximate surface area is 95.8 Å². The van der Waals surface area contributed by atoms with E-state index in [1.807, 2.05) is 0 Å². The molecule has 0 aromatic rings. The van der Waals surface area contributed by atoms with Gasteiger partial charge in [0.1, 0.15) is 6.04 Å². The van der Waals surface area contributed by atoms with E-state index in [9.17, 15) is 9.59 Å². The molecule has 0 aromatic heterocycles. The quantitative estimate of drug-likeness (QED) is 0.719. The van der Waals surface area contributed by atoms with E-state index in [0.29, 0.717) is 13.0 Å². The molecular formula is C11H20N2O3. The Balaban J connectivity index is 2.29. The molecule has 1 unspecified atom stereocenters. The maximum Gasteiger partial charge on any atom is 0.326 e. The lowest BCUT2D eigenvalue weighted by Gasteiger charge is -2.23. The fourth-order valence-corrected chi connectivity index (χ4v) is 1.67. The summed E-state index contributed by atoms with van der Waals surface area (Å²) in [6.45, 7) is 2.40. The van der Waals surface area contributed by atoms with Crippen molar-refractivity contribution < 1.29 is 14.7 Å². The zero-order valence-corrected chi connectivity index (χ0v) is 9.90. The predicted molar refractivity (Wildman–Crippen MR) is 60.2 cm³/mol. The lowest BCUT2D eigenvalue weighted by molar-refractivity contribution is -0.141. The van der Waals surface area contributed by atoms with Gasteiger partial charge < -0.3 is 15.3 Å². The van der Waals surface area contributed by atoms with Crippen molar-refractivity contribution in [3.63, 3.8) is 0 Å². The Kier molecular flexibility index (Phi) is 4.58. The number of nitrogens with one attached hydrogen (secondary N) is 1. The number of amides is 2. The van der Waals surface area contributed by atoms with Crippen molar-refractivity contribution in [2.24, 2.45) is 5.92 Å². The van der Waals surface area contributed by atoms with E-state index in [2.05, 4.69) is 5.32 Å². The molecule has 1 fully saturated rings. The summed E-state index contributed by atoms with van der Waals surface area (Å²) in [5, 5.41) is 11.6. The van der Waals surface area contributed by atoms with Gasteiger partial charge in [-0.05, 0) is 18.8 Å². The van der Waals surface area contributed by atoms with Gasteiger partial charge in [0.05, 0.1) is 0 Å². The topological polar surface area (TPSA) is 69.6 Å². The molecule has 1 rings (SSSR count). The molecule has 92 valence electrons. The molecule has 0 aromatic carbocycles. The number of carboxylic acids is 1. The van der Waals surface area contributed by atoms with E-state index in [4.69, 9.17) is 5.11 Å². The van der Waals surface area contributed by atoms with Crippen LogP contribution >= 0.6 is 0 Å². The number of likely N-dealkylation sites (N-methyl/N-ethyl adjacent to an activating group) is 1. The van der Waals surface area contributed by atoms with Gasteiger partial charge in [0.15, 0.2) is 0 Å². The molecule has 0 spiro atoms. The Bertz CT molecular complexity index is 264. The Morgan fingerprint density at radius 1 is 1.50 bits per heavy atom. The summed E-state index contributed by atoms with van der Waals surface area (Å²) < 4.78 is 0. The lowest BCUT2D eigenvalue weighted by Crippen LogP contribution is -2.47. The van der Waals surface area contributed by atoms with Crippen LogP contribution in [0.15, 0.2) is 0 Å². The van der Waals surface area contributed by atoms with Crippen molar-refractivity contribution in [1.82, 2.24) is 10.2 Å². The zero-order valence-electron chi connectivity index (χ0n) is 9.90. The molecule has 0 bridgehead atoms. The smallest absolute Gasteiger partial charge is 0.326 e. The summed E-state index contributed by atoms with van der Waals surface area (Å²) in [6, 6.07) is -1.03. The SMILES string of the molecule is CCC(C(=O)O)N(C)C(=O)NCCC1CC1. The van der Waals surface area contributed by atoms with E-state index in [0.717, 1.165) is 12.3 Å². The number of rotatable bonds is 6. The van der Waals surface area contributed by atoms with Crippen molar-refractivity contribution in [2.45, 2.75) is 38.6 Å². The molecule has 5 heteroatoms. The summed E-state index contributed by atoms with van der Waals surface area (Å²) in [7, 11) is 1.52. The standard InChI is InChI=1S/C11H20N2O3/c1-3-9(10(14)15)13(2)11(16)12-7-6-8-4-5-8/h8-9H,3-7H2,1-2H3,(H,12,16)(H,14,15). The first-order valence-electron chi connectivity index (χ1n) is 5.79. The lowest BCUT2D eigenvalue weighted by atomic mass is 10.2. The molecule has 0 aliphatic heterocycles. The molecular weight excluding hydrogens is 208 g/mol. The van der Waals surface area contributed by atoms with Gasteiger partial charge >= 0.3 is 12.0 Å².